The van der Waals surface area contributed by atoms with Gasteiger partial charge in [-0.25, -0.2) is 0 Å². The van der Waals surface area contributed by atoms with Gasteiger partial charge in [0, 0.05) is 12.6 Å². The number of hydrogen-bond donors (Lipinski definition) is 1. The fourth-order valence-corrected chi connectivity index (χ4v) is 1.83. The molecule has 4 nitrogen and oxygen atoms in total. The molecule has 0 aromatic heterocycles. The molecule has 0 spiro atoms. The normalized spacial score (nSPS) is 12.3. The van der Waals surface area contributed by atoms with Crippen LogP contribution in [0.3, 0.4) is 0 Å². The van der Waals surface area contributed by atoms with Crippen molar-refractivity contribution < 1.29 is 14.2 Å². The van der Waals surface area contributed by atoms with Gasteiger partial charge in [-0.05, 0) is 37.5 Å². The van der Waals surface area contributed by atoms with Crippen molar-refractivity contribution in [1.82, 2.24) is 5.32 Å². The van der Waals surface area contributed by atoms with Gasteiger partial charge >= 0.3 is 0 Å². The highest BCUT2D eigenvalue weighted by atomic mass is 16.5. The van der Waals surface area contributed by atoms with E-state index in [1.807, 2.05) is 19.1 Å². The average molecular weight is 281 g/mol. The number of methoxy groups -OCH3 is 2. The molecule has 1 N–H and O–H groups in total. The molecule has 1 atom stereocenters. The smallest absolute Gasteiger partial charge is 0.203 e. The summed E-state index contributed by atoms with van der Waals surface area (Å²) in [6.07, 6.45) is 0. The summed E-state index contributed by atoms with van der Waals surface area (Å²) in [5, 5.41) is 3.43. The second-order valence-corrected chi connectivity index (χ2v) is 5.33. The van der Waals surface area contributed by atoms with Gasteiger partial charge in [0.2, 0.25) is 5.75 Å². The van der Waals surface area contributed by atoms with Gasteiger partial charge in [0.05, 0.1) is 14.2 Å². The molecule has 0 saturated heterocycles. The predicted octanol–water partition coefficient (Wildman–Crippen LogP) is 3.03. The van der Waals surface area contributed by atoms with Crippen molar-refractivity contribution in [2.75, 3.05) is 27.4 Å². The SMILES string of the molecule is COc1cc(C)cc(OC)c1OCCNC(C)C(C)C. The fraction of sp³-hybridized carbons (Fsp3) is 0.625. The molecule has 0 amide bonds. The maximum Gasteiger partial charge on any atom is 0.203 e. The summed E-state index contributed by atoms with van der Waals surface area (Å²) >= 11 is 0. The third-order valence-corrected chi connectivity index (χ3v) is 3.42. The molecule has 20 heavy (non-hydrogen) atoms. The summed E-state index contributed by atoms with van der Waals surface area (Å²) in [4.78, 5) is 0. The molecule has 0 saturated carbocycles. The molecule has 1 aromatic rings. The molecule has 0 aliphatic rings. The van der Waals surface area contributed by atoms with Crippen molar-refractivity contribution in [2.45, 2.75) is 33.7 Å². The summed E-state index contributed by atoms with van der Waals surface area (Å²) < 4.78 is 16.5. The molecule has 0 heterocycles. The van der Waals surface area contributed by atoms with Crippen LogP contribution < -0.4 is 19.5 Å². The molecular formula is C16H27NO3. The number of benzene rings is 1. The molecular weight excluding hydrogens is 254 g/mol. The van der Waals surface area contributed by atoms with Crippen LogP contribution in [0.2, 0.25) is 0 Å². The van der Waals surface area contributed by atoms with Gasteiger partial charge < -0.3 is 19.5 Å². The molecule has 4 heteroatoms. The Hall–Kier alpha value is -1.42. The summed E-state index contributed by atoms with van der Waals surface area (Å²) in [5.74, 6) is 2.69. The van der Waals surface area contributed by atoms with Crippen molar-refractivity contribution in [2.24, 2.45) is 5.92 Å². The second-order valence-electron chi connectivity index (χ2n) is 5.33. The van der Waals surface area contributed by atoms with Crippen molar-refractivity contribution in [3.05, 3.63) is 17.7 Å². The highest BCUT2D eigenvalue weighted by Gasteiger charge is 2.13. The van der Waals surface area contributed by atoms with Crippen molar-refractivity contribution >= 4 is 0 Å². The summed E-state index contributed by atoms with van der Waals surface area (Å²) in [5.41, 5.74) is 1.08. The van der Waals surface area contributed by atoms with E-state index in [4.69, 9.17) is 14.2 Å². The van der Waals surface area contributed by atoms with Crippen LogP contribution in [0, 0.1) is 12.8 Å². The first-order valence-electron chi connectivity index (χ1n) is 7.08. The Labute approximate surface area is 122 Å². The van der Waals surface area contributed by atoms with E-state index in [1.165, 1.54) is 0 Å². The first kappa shape index (κ1) is 16.6. The van der Waals surface area contributed by atoms with E-state index >= 15 is 0 Å². The van der Waals surface area contributed by atoms with Crippen molar-refractivity contribution in [3.63, 3.8) is 0 Å². The lowest BCUT2D eigenvalue weighted by Gasteiger charge is -2.19. The van der Waals surface area contributed by atoms with E-state index in [9.17, 15) is 0 Å². The van der Waals surface area contributed by atoms with Gasteiger partial charge in [0.25, 0.3) is 0 Å². The van der Waals surface area contributed by atoms with Gasteiger partial charge in [-0.15, -0.1) is 0 Å². The quantitative estimate of drug-likeness (QED) is 0.744. The van der Waals surface area contributed by atoms with Gasteiger partial charge in [-0.2, -0.15) is 0 Å². The standard InChI is InChI=1S/C16H27NO3/c1-11(2)13(4)17-7-8-20-16-14(18-5)9-12(3)10-15(16)19-6/h9-11,13,17H,7-8H2,1-6H3. The maximum absolute atomic E-state index is 5.82. The molecule has 0 bridgehead atoms. The van der Waals surface area contributed by atoms with Gasteiger partial charge in [0.15, 0.2) is 11.5 Å². The number of nitrogens with one attached hydrogen (secondary N) is 1. The highest BCUT2D eigenvalue weighted by molar-refractivity contribution is 5.53. The van der Waals surface area contributed by atoms with Crippen LogP contribution in [-0.4, -0.2) is 33.4 Å². The van der Waals surface area contributed by atoms with Crippen LogP contribution >= 0.6 is 0 Å². The Bertz CT molecular complexity index is 393. The molecule has 0 radical (unpaired) electrons. The van der Waals surface area contributed by atoms with E-state index in [0.717, 1.165) is 12.1 Å². The largest absolute Gasteiger partial charge is 0.493 e. The Morgan fingerprint density at radius 3 is 2.05 bits per heavy atom. The first-order valence-corrected chi connectivity index (χ1v) is 7.08. The van der Waals surface area contributed by atoms with E-state index in [0.29, 0.717) is 35.8 Å². The molecule has 1 aromatic carbocycles. The minimum atomic E-state index is 0.473. The molecule has 1 unspecified atom stereocenters. The zero-order chi connectivity index (χ0) is 15.1. The highest BCUT2D eigenvalue weighted by Crippen LogP contribution is 2.38. The minimum Gasteiger partial charge on any atom is -0.493 e. The van der Waals surface area contributed by atoms with Gasteiger partial charge in [-0.3, -0.25) is 0 Å². The summed E-state index contributed by atoms with van der Waals surface area (Å²) in [6.45, 7) is 9.94. The number of ether oxygens (including phenoxy) is 3. The molecule has 1 rings (SSSR count). The van der Waals surface area contributed by atoms with E-state index in [2.05, 4.69) is 26.1 Å². The molecule has 0 aliphatic carbocycles. The van der Waals surface area contributed by atoms with Crippen molar-refractivity contribution in [3.8, 4) is 17.2 Å². The molecule has 114 valence electrons. The van der Waals surface area contributed by atoms with Crippen molar-refractivity contribution in [1.29, 1.82) is 0 Å². The lowest BCUT2D eigenvalue weighted by Crippen LogP contribution is -2.33. The average Bonchev–Trinajstić information content (AvgIpc) is 2.43. The lowest BCUT2D eigenvalue weighted by molar-refractivity contribution is 0.265. The maximum atomic E-state index is 5.82. The third-order valence-electron chi connectivity index (χ3n) is 3.42. The van der Waals surface area contributed by atoms with Crippen LogP contribution in [0.5, 0.6) is 17.2 Å². The number of aryl methyl sites for hydroxylation is 1. The van der Waals surface area contributed by atoms with E-state index < -0.39 is 0 Å². The Kier molecular flexibility index (Phi) is 6.65. The van der Waals surface area contributed by atoms with Crippen LogP contribution in [0.25, 0.3) is 0 Å². The minimum absolute atomic E-state index is 0.473. The second kappa shape index (κ2) is 8.00. The van der Waals surface area contributed by atoms with Gasteiger partial charge in [-0.1, -0.05) is 13.8 Å². The van der Waals surface area contributed by atoms with Gasteiger partial charge in [0.1, 0.15) is 6.61 Å². The van der Waals surface area contributed by atoms with E-state index in [-0.39, 0.29) is 0 Å². The number of hydrogen-bond acceptors (Lipinski definition) is 4. The van der Waals surface area contributed by atoms with Crippen LogP contribution in [0.15, 0.2) is 12.1 Å². The lowest BCUT2D eigenvalue weighted by atomic mass is 10.1. The van der Waals surface area contributed by atoms with Crippen LogP contribution in [0.4, 0.5) is 0 Å². The topological polar surface area (TPSA) is 39.7 Å². The fourth-order valence-electron chi connectivity index (χ4n) is 1.83. The number of rotatable bonds is 8. The summed E-state index contributed by atoms with van der Waals surface area (Å²) in [6, 6.07) is 4.37. The zero-order valence-corrected chi connectivity index (χ0v) is 13.4. The predicted molar refractivity (Wildman–Crippen MR) is 82.1 cm³/mol. The zero-order valence-electron chi connectivity index (χ0n) is 13.4. The Morgan fingerprint density at radius 1 is 1.05 bits per heavy atom. The molecule has 0 fully saturated rings. The molecule has 0 aliphatic heterocycles. The Morgan fingerprint density at radius 2 is 1.60 bits per heavy atom. The third kappa shape index (κ3) is 4.60. The first-order chi connectivity index (χ1) is 9.49. The Balaban J connectivity index is 2.63. The summed E-state index contributed by atoms with van der Waals surface area (Å²) in [7, 11) is 3.28. The van der Waals surface area contributed by atoms with Crippen LogP contribution in [-0.2, 0) is 0 Å². The van der Waals surface area contributed by atoms with Crippen LogP contribution in [0.1, 0.15) is 26.3 Å². The van der Waals surface area contributed by atoms with E-state index in [1.54, 1.807) is 14.2 Å². The monoisotopic (exact) mass is 281 g/mol.